The van der Waals surface area contributed by atoms with E-state index < -0.39 is 0 Å². The lowest BCUT2D eigenvalue weighted by Gasteiger charge is -2.24. The molecule has 1 atom stereocenters. The number of aliphatic hydroxyl groups is 1. The van der Waals surface area contributed by atoms with Gasteiger partial charge < -0.3 is 9.67 Å². The molecule has 4 nitrogen and oxygen atoms in total. The van der Waals surface area contributed by atoms with Crippen LogP contribution in [0.3, 0.4) is 0 Å². The number of hydrogen-bond donors (Lipinski definition) is 1. The van der Waals surface area contributed by atoms with E-state index in [0.717, 1.165) is 24.3 Å². The second-order valence-electron chi connectivity index (χ2n) is 5.61. The van der Waals surface area contributed by atoms with Crippen molar-refractivity contribution < 1.29 is 5.11 Å². The monoisotopic (exact) mass is 273 g/mol. The maximum atomic E-state index is 9.13. The molecule has 2 heterocycles. The standard InChI is InChI=1S/C16H23N3O/c1-13(18-9-4-5-10-18)16-17-14-7-2-3-8-15(14)19(16)11-6-12-20/h2-3,7-8,13,20H,4-6,9-12H2,1H3. The minimum atomic E-state index is 0.226. The summed E-state index contributed by atoms with van der Waals surface area (Å²) in [6.45, 7) is 5.66. The summed E-state index contributed by atoms with van der Waals surface area (Å²) in [6.07, 6.45) is 3.36. The summed E-state index contributed by atoms with van der Waals surface area (Å²) in [4.78, 5) is 7.36. The predicted molar refractivity (Wildman–Crippen MR) is 80.7 cm³/mol. The Bertz CT molecular complexity index is 572. The molecule has 1 unspecified atom stereocenters. The average molecular weight is 273 g/mol. The van der Waals surface area contributed by atoms with Gasteiger partial charge in [-0.25, -0.2) is 4.98 Å². The fraction of sp³-hybridized carbons (Fsp3) is 0.562. The van der Waals surface area contributed by atoms with Crippen molar-refractivity contribution in [1.82, 2.24) is 14.5 Å². The molecule has 0 amide bonds. The van der Waals surface area contributed by atoms with Crippen LogP contribution < -0.4 is 0 Å². The van der Waals surface area contributed by atoms with Gasteiger partial charge in [0.05, 0.1) is 17.1 Å². The molecule has 2 aromatic rings. The number of likely N-dealkylation sites (tertiary alicyclic amines) is 1. The van der Waals surface area contributed by atoms with E-state index in [1.807, 2.05) is 6.07 Å². The SMILES string of the molecule is CC(c1nc2ccccc2n1CCCO)N1CCCC1. The molecule has 1 N–H and O–H groups in total. The van der Waals surface area contributed by atoms with Crippen molar-refractivity contribution in [2.45, 2.75) is 38.8 Å². The van der Waals surface area contributed by atoms with Crippen LogP contribution in [0, 0.1) is 0 Å². The molecule has 1 aromatic heterocycles. The zero-order valence-electron chi connectivity index (χ0n) is 12.1. The van der Waals surface area contributed by atoms with Crippen LogP contribution in [-0.4, -0.2) is 39.3 Å². The number of aromatic nitrogens is 2. The van der Waals surface area contributed by atoms with Crippen LogP contribution in [0.1, 0.15) is 38.1 Å². The lowest BCUT2D eigenvalue weighted by molar-refractivity contribution is 0.243. The Kier molecular flexibility index (Phi) is 4.03. The first-order chi connectivity index (χ1) is 9.81. The Morgan fingerprint density at radius 1 is 1.25 bits per heavy atom. The largest absolute Gasteiger partial charge is 0.396 e. The molecule has 0 saturated carbocycles. The van der Waals surface area contributed by atoms with E-state index in [9.17, 15) is 0 Å². The number of nitrogens with zero attached hydrogens (tertiary/aromatic N) is 3. The number of hydrogen-bond acceptors (Lipinski definition) is 3. The van der Waals surface area contributed by atoms with Crippen molar-refractivity contribution in [3.63, 3.8) is 0 Å². The van der Waals surface area contributed by atoms with E-state index >= 15 is 0 Å². The first kappa shape index (κ1) is 13.6. The summed E-state index contributed by atoms with van der Waals surface area (Å²) in [7, 11) is 0. The molecule has 0 aliphatic carbocycles. The quantitative estimate of drug-likeness (QED) is 0.910. The van der Waals surface area contributed by atoms with Crippen LogP contribution in [0.4, 0.5) is 0 Å². The van der Waals surface area contributed by atoms with Gasteiger partial charge in [-0.3, -0.25) is 4.90 Å². The molecule has 3 rings (SSSR count). The van der Waals surface area contributed by atoms with Crippen molar-refractivity contribution >= 4 is 11.0 Å². The topological polar surface area (TPSA) is 41.3 Å². The third-order valence-electron chi connectivity index (χ3n) is 4.29. The summed E-state index contributed by atoms with van der Waals surface area (Å²) >= 11 is 0. The number of aryl methyl sites for hydroxylation is 1. The fourth-order valence-electron chi connectivity index (χ4n) is 3.17. The van der Waals surface area contributed by atoms with Crippen molar-refractivity contribution in [2.75, 3.05) is 19.7 Å². The highest BCUT2D eigenvalue weighted by Crippen LogP contribution is 2.27. The van der Waals surface area contributed by atoms with Crippen LogP contribution >= 0.6 is 0 Å². The summed E-state index contributed by atoms with van der Waals surface area (Å²) in [5.41, 5.74) is 2.24. The molecule has 20 heavy (non-hydrogen) atoms. The second kappa shape index (κ2) is 5.94. The molecule has 1 aliphatic heterocycles. The first-order valence-corrected chi connectivity index (χ1v) is 7.61. The number of rotatable bonds is 5. The van der Waals surface area contributed by atoms with Crippen LogP contribution in [0.25, 0.3) is 11.0 Å². The van der Waals surface area contributed by atoms with Crippen molar-refractivity contribution in [1.29, 1.82) is 0 Å². The Balaban J connectivity index is 1.99. The van der Waals surface area contributed by atoms with E-state index in [0.29, 0.717) is 6.04 Å². The molecule has 0 bridgehead atoms. The first-order valence-electron chi connectivity index (χ1n) is 7.61. The number of para-hydroxylation sites is 2. The number of fused-ring (bicyclic) bond motifs is 1. The molecule has 4 heteroatoms. The second-order valence-corrected chi connectivity index (χ2v) is 5.61. The van der Waals surface area contributed by atoms with E-state index in [2.05, 4.69) is 34.6 Å². The number of benzene rings is 1. The molecule has 0 radical (unpaired) electrons. The molecule has 0 spiro atoms. The number of imidazole rings is 1. The molecular formula is C16H23N3O. The Hall–Kier alpha value is -1.39. The summed E-state index contributed by atoms with van der Waals surface area (Å²) in [5.74, 6) is 1.14. The van der Waals surface area contributed by atoms with Gasteiger partial charge >= 0.3 is 0 Å². The Morgan fingerprint density at radius 3 is 2.75 bits per heavy atom. The molecule has 108 valence electrons. The van der Waals surface area contributed by atoms with Crippen LogP contribution in [0.5, 0.6) is 0 Å². The molecule has 1 fully saturated rings. The normalized spacial score (nSPS) is 17.9. The lowest BCUT2D eigenvalue weighted by Crippen LogP contribution is -2.26. The Labute approximate surface area is 120 Å². The Morgan fingerprint density at radius 2 is 2.00 bits per heavy atom. The highest BCUT2D eigenvalue weighted by molar-refractivity contribution is 5.76. The van der Waals surface area contributed by atoms with Gasteiger partial charge in [0, 0.05) is 13.2 Å². The van der Waals surface area contributed by atoms with Gasteiger partial charge in [-0.1, -0.05) is 12.1 Å². The van der Waals surface area contributed by atoms with Crippen molar-refractivity contribution in [3.8, 4) is 0 Å². The van der Waals surface area contributed by atoms with Crippen LogP contribution in [0.15, 0.2) is 24.3 Å². The summed E-state index contributed by atoms with van der Waals surface area (Å²) in [5, 5.41) is 9.13. The molecule has 1 aromatic carbocycles. The van der Waals surface area contributed by atoms with E-state index in [4.69, 9.17) is 10.1 Å². The lowest BCUT2D eigenvalue weighted by atomic mass is 10.2. The molecule has 1 aliphatic rings. The predicted octanol–water partition coefficient (Wildman–Crippen LogP) is 2.58. The van der Waals surface area contributed by atoms with Gasteiger partial charge in [-0.15, -0.1) is 0 Å². The summed E-state index contributed by atoms with van der Waals surface area (Å²) in [6, 6.07) is 8.65. The zero-order valence-corrected chi connectivity index (χ0v) is 12.1. The maximum absolute atomic E-state index is 9.13. The van der Waals surface area contributed by atoms with Crippen LogP contribution in [-0.2, 0) is 6.54 Å². The van der Waals surface area contributed by atoms with Gasteiger partial charge in [0.25, 0.3) is 0 Å². The third kappa shape index (κ3) is 2.45. The van der Waals surface area contributed by atoms with Gasteiger partial charge in [0.2, 0.25) is 0 Å². The van der Waals surface area contributed by atoms with Crippen LogP contribution in [0.2, 0.25) is 0 Å². The van der Waals surface area contributed by atoms with Crippen molar-refractivity contribution in [2.24, 2.45) is 0 Å². The van der Waals surface area contributed by atoms with Gasteiger partial charge in [0.1, 0.15) is 5.82 Å². The highest BCUT2D eigenvalue weighted by Gasteiger charge is 2.24. The number of aliphatic hydroxyl groups excluding tert-OH is 1. The van der Waals surface area contributed by atoms with Gasteiger partial charge in [-0.05, 0) is 51.4 Å². The fourth-order valence-corrected chi connectivity index (χ4v) is 3.17. The van der Waals surface area contributed by atoms with E-state index in [-0.39, 0.29) is 6.61 Å². The average Bonchev–Trinajstić information content (AvgIpc) is 3.12. The van der Waals surface area contributed by atoms with Gasteiger partial charge in [-0.2, -0.15) is 0 Å². The van der Waals surface area contributed by atoms with E-state index in [1.54, 1.807) is 0 Å². The minimum Gasteiger partial charge on any atom is -0.396 e. The molecular weight excluding hydrogens is 250 g/mol. The smallest absolute Gasteiger partial charge is 0.127 e. The highest BCUT2D eigenvalue weighted by atomic mass is 16.3. The maximum Gasteiger partial charge on any atom is 0.127 e. The molecule has 1 saturated heterocycles. The minimum absolute atomic E-state index is 0.226. The third-order valence-corrected chi connectivity index (χ3v) is 4.29. The van der Waals surface area contributed by atoms with E-state index in [1.165, 1.54) is 31.4 Å². The summed E-state index contributed by atoms with van der Waals surface area (Å²) < 4.78 is 2.29. The zero-order chi connectivity index (χ0) is 13.9. The van der Waals surface area contributed by atoms with Gasteiger partial charge in [0.15, 0.2) is 0 Å². The van der Waals surface area contributed by atoms with Crippen molar-refractivity contribution in [3.05, 3.63) is 30.1 Å².